The highest BCUT2D eigenvalue weighted by Gasteiger charge is 2.18. The van der Waals surface area contributed by atoms with E-state index in [-0.39, 0.29) is 18.4 Å². The van der Waals surface area contributed by atoms with Gasteiger partial charge in [-0.2, -0.15) is 0 Å². The predicted molar refractivity (Wildman–Crippen MR) is 88.7 cm³/mol. The van der Waals surface area contributed by atoms with Crippen LogP contribution in [0.1, 0.15) is 25.3 Å². The molecule has 0 aliphatic carbocycles. The molecule has 5 heteroatoms. The van der Waals surface area contributed by atoms with Gasteiger partial charge in [0.05, 0.1) is 18.9 Å². The fourth-order valence-corrected chi connectivity index (χ4v) is 2.28. The first-order valence-corrected chi connectivity index (χ1v) is 7.50. The van der Waals surface area contributed by atoms with Crippen LogP contribution < -0.4 is 10.1 Å². The zero-order valence-electron chi connectivity index (χ0n) is 13.5. The van der Waals surface area contributed by atoms with E-state index in [1.165, 1.54) is 0 Å². The van der Waals surface area contributed by atoms with Gasteiger partial charge in [0.25, 0.3) is 0 Å². The van der Waals surface area contributed by atoms with E-state index in [1.807, 2.05) is 43.3 Å². The Morgan fingerprint density at radius 2 is 1.78 bits per heavy atom. The van der Waals surface area contributed by atoms with E-state index < -0.39 is 11.9 Å². The van der Waals surface area contributed by atoms with E-state index in [0.717, 1.165) is 22.1 Å². The molecule has 5 nitrogen and oxygen atoms in total. The largest absolute Gasteiger partial charge is 0.497 e. The topological polar surface area (TPSA) is 75.6 Å². The summed E-state index contributed by atoms with van der Waals surface area (Å²) in [7, 11) is 1.63. The van der Waals surface area contributed by atoms with Gasteiger partial charge in [0.1, 0.15) is 5.75 Å². The van der Waals surface area contributed by atoms with Crippen molar-refractivity contribution in [1.82, 2.24) is 5.32 Å². The van der Waals surface area contributed by atoms with Gasteiger partial charge >= 0.3 is 5.97 Å². The highest BCUT2D eigenvalue weighted by atomic mass is 16.5. The van der Waals surface area contributed by atoms with Gasteiger partial charge in [-0.05, 0) is 35.4 Å². The van der Waals surface area contributed by atoms with Gasteiger partial charge < -0.3 is 15.2 Å². The van der Waals surface area contributed by atoms with Crippen molar-refractivity contribution in [1.29, 1.82) is 0 Å². The minimum absolute atomic E-state index is 0.128. The normalized spacial score (nSPS) is 13.3. The van der Waals surface area contributed by atoms with Gasteiger partial charge in [0.2, 0.25) is 5.91 Å². The summed E-state index contributed by atoms with van der Waals surface area (Å²) >= 11 is 0. The van der Waals surface area contributed by atoms with E-state index in [9.17, 15) is 9.59 Å². The third-order valence-electron chi connectivity index (χ3n) is 3.97. The number of carboxylic acid groups (broad SMARTS) is 1. The summed E-state index contributed by atoms with van der Waals surface area (Å²) in [6, 6.07) is 11.6. The number of aliphatic carboxylic acids is 1. The number of fused-ring (bicyclic) bond motifs is 1. The van der Waals surface area contributed by atoms with E-state index in [0.29, 0.717) is 0 Å². The SMILES string of the molecule is COc1ccc2cc([C@H](C)C(=O)NCC(C)C(=O)O)ccc2c1. The van der Waals surface area contributed by atoms with Gasteiger partial charge in [-0.25, -0.2) is 0 Å². The summed E-state index contributed by atoms with van der Waals surface area (Å²) in [6.45, 7) is 3.51. The molecule has 0 fully saturated rings. The molecule has 2 N–H and O–H groups in total. The smallest absolute Gasteiger partial charge is 0.308 e. The third-order valence-corrected chi connectivity index (χ3v) is 3.97. The lowest BCUT2D eigenvalue weighted by atomic mass is 9.97. The summed E-state index contributed by atoms with van der Waals surface area (Å²) in [5, 5.41) is 13.6. The number of hydrogen-bond acceptors (Lipinski definition) is 3. The molecule has 2 atom stereocenters. The number of nitrogens with one attached hydrogen (secondary N) is 1. The van der Waals surface area contributed by atoms with Crippen LogP contribution in [0.25, 0.3) is 10.8 Å². The second-order valence-corrected chi connectivity index (χ2v) is 5.68. The van der Waals surface area contributed by atoms with Crippen LogP contribution in [0.5, 0.6) is 5.75 Å². The number of carbonyl (C=O) groups excluding carboxylic acids is 1. The molecule has 0 saturated carbocycles. The average molecular weight is 315 g/mol. The molecule has 2 aromatic rings. The minimum Gasteiger partial charge on any atom is -0.497 e. The number of methoxy groups -OCH3 is 1. The molecule has 0 bridgehead atoms. The Bertz CT molecular complexity index is 726. The molecule has 0 saturated heterocycles. The van der Waals surface area contributed by atoms with Crippen LogP contribution in [0.2, 0.25) is 0 Å². The molecule has 0 heterocycles. The van der Waals surface area contributed by atoms with Gasteiger partial charge in [-0.1, -0.05) is 31.2 Å². The molecule has 2 rings (SSSR count). The lowest BCUT2D eigenvalue weighted by Crippen LogP contribution is -2.34. The first-order chi connectivity index (χ1) is 10.9. The molecule has 0 aromatic heterocycles. The fraction of sp³-hybridized carbons (Fsp3) is 0.333. The molecule has 0 spiro atoms. The molecular formula is C18H21NO4. The minimum atomic E-state index is -0.919. The first-order valence-electron chi connectivity index (χ1n) is 7.50. The van der Waals surface area contributed by atoms with E-state index >= 15 is 0 Å². The number of hydrogen-bond donors (Lipinski definition) is 2. The first kappa shape index (κ1) is 16.8. The summed E-state index contributed by atoms with van der Waals surface area (Å²) in [4.78, 5) is 23.0. The molecule has 1 unspecified atom stereocenters. The van der Waals surface area contributed by atoms with Gasteiger partial charge in [0.15, 0.2) is 0 Å². The highest BCUT2D eigenvalue weighted by molar-refractivity contribution is 5.88. The van der Waals surface area contributed by atoms with Crippen LogP contribution in [-0.2, 0) is 9.59 Å². The Balaban J connectivity index is 2.12. The fourth-order valence-electron chi connectivity index (χ4n) is 2.28. The summed E-state index contributed by atoms with van der Waals surface area (Å²) < 4.78 is 5.20. The molecule has 23 heavy (non-hydrogen) atoms. The zero-order chi connectivity index (χ0) is 17.0. The van der Waals surface area contributed by atoms with Crippen molar-refractivity contribution in [3.63, 3.8) is 0 Å². The van der Waals surface area contributed by atoms with Crippen molar-refractivity contribution < 1.29 is 19.4 Å². The maximum absolute atomic E-state index is 12.2. The number of carbonyl (C=O) groups is 2. The number of carboxylic acids is 1. The van der Waals surface area contributed by atoms with Crippen LogP contribution in [0.3, 0.4) is 0 Å². The van der Waals surface area contributed by atoms with Crippen molar-refractivity contribution in [2.75, 3.05) is 13.7 Å². The highest BCUT2D eigenvalue weighted by Crippen LogP contribution is 2.25. The number of rotatable bonds is 6. The number of benzene rings is 2. The maximum atomic E-state index is 12.2. The molecule has 1 amide bonds. The molecule has 122 valence electrons. The average Bonchev–Trinajstić information content (AvgIpc) is 2.57. The second-order valence-electron chi connectivity index (χ2n) is 5.68. The van der Waals surface area contributed by atoms with Crippen LogP contribution in [-0.4, -0.2) is 30.6 Å². The summed E-state index contributed by atoms with van der Waals surface area (Å²) in [5.41, 5.74) is 0.892. The van der Waals surface area contributed by atoms with Gasteiger partial charge in [0, 0.05) is 6.54 Å². The van der Waals surface area contributed by atoms with Gasteiger partial charge in [-0.15, -0.1) is 0 Å². The number of amides is 1. The van der Waals surface area contributed by atoms with Crippen LogP contribution in [0.4, 0.5) is 0 Å². The van der Waals surface area contributed by atoms with Crippen LogP contribution in [0, 0.1) is 5.92 Å². The van der Waals surface area contributed by atoms with Crippen molar-refractivity contribution in [3.05, 3.63) is 42.0 Å². The van der Waals surface area contributed by atoms with E-state index in [2.05, 4.69) is 5.32 Å². The van der Waals surface area contributed by atoms with Crippen molar-refractivity contribution in [3.8, 4) is 5.75 Å². The number of ether oxygens (including phenoxy) is 1. The zero-order valence-corrected chi connectivity index (χ0v) is 13.5. The van der Waals surface area contributed by atoms with Gasteiger partial charge in [-0.3, -0.25) is 9.59 Å². The summed E-state index contributed by atoms with van der Waals surface area (Å²) in [6.07, 6.45) is 0. The molecule has 0 aliphatic rings. The lowest BCUT2D eigenvalue weighted by molar-refractivity contribution is -0.141. The van der Waals surface area contributed by atoms with Crippen molar-refractivity contribution in [2.24, 2.45) is 5.92 Å². The van der Waals surface area contributed by atoms with E-state index in [1.54, 1.807) is 14.0 Å². The Kier molecular flexibility index (Phi) is 5.21. The van der Waals surface area contributed by atoms with Crippen LogP contribution in [0.15, 0.2) is 36.4 Å². The molecule has 2 aromatic carbocycles. The molecular weight excluding hydrogens is 294 g/mol. The molecule has 0 aliphatic heterocycles. The van der Waals surface area contributed by atoms with Crippen LogP contribution >= 0.6 is 0 Å². The standard InChI is InChI=1S/C18H21NO4/c1-11(18(21)22)10-19-17(20)12(2)13-4-5-15-9-16(23-3)7-6-14(15)8-13/h4-9,11-12H,10H2,1-3H3,(H,19,20)(H,21,22)/t11?,12-/m0/s1. The van der Waals surface area contributed by atoms with Crippen molar-refractivity contribution in [2.45, 2.75) is 19.8 Å². The summed E-state index contributed by atoms with van der Waals surface area (Å²) in [5.74, 6) is -1.25. The van der Waals surface area contributed by atoms with Crippen molar-refractivity contribution >= 4 is 22.6 Å². The second kappa shape index (κ2) is 7.13. The lowest BCUT2D eigenvalue weighted by Gasteiger charge is -2.15. The van der Waals surface area contributed by atoms with E-state index in [4.69, 9.17) is 9.84 Å². The monoisotopic (exact) mass is 315 g/mol. The Morgan fingerprint density at radius 3 is 2.43 bits per heavy atom. The molecule has 0 radical (unpaired) electrons. The Hall–Kier alpha value is -2.56. The maximum Gasteiger partial charge on any atom is 0.308 e. The quantitative estimate of drug-likeness (QED) is 0.859. The Morgan fingerprint density at radius 1 is 1.13 bits per heavy atom. The predicted octanol–water partition coefficient (Wildman–Crippen LogP) is 2.79. The Labute approximate surface area is 135 Å². The third kappa shape index (κ3) is 4.00.